The number of unbranched alkanes of at least 4 members (excludes halogenated alkanes) is 1. The third-order valence-electron chi connectivity index (χ3n) is 17.8. The van der Waals surface area contributed by atoms with Gasteiger partial charge in [-0.25, -0.2) is 15.0 Å². The van der Waals surface area contributed by atoms with Crippen LogP contribution in [0.2, 0.25) is 0 Å². The zero-order chi connectivity index (χ0) is 70.3. The number of aliphatic hydroxyl groups is 2. The molecule has 5 aliphatic rings. The van der Waals surface area contributed by atoms with Crippen molar-refractivity contribution < 1.29 is 81.1 Å². The zero-order valence-electron chi connectivity index (χ0n) is 54.2. The number of anilines is 3. The molecule has 4 aliphatic heterocycles. The highest BCUT2D eigenvalue weighted by molar-refractivity contribution is 8.07. The van der Waals surface area contributed by atoms with Crippen molar-refractivity contribution in [3.05, 3.63) is 95.3 Å². The van der Waals surface area contributed by atoms with Gasteiger partial charge in [-0.3, -0.25) is 47.2 Å². The first kappa shape index (κ1) is 72.6. The zero-order valence-corrected chi connectivity index (χ0v) is 57.6. The number of ketones is 2. The number of fused-ring (bicyclic) bond motifs is 6. The lowest BCUT2D eigenvalue weighted by atomic mass is 9.89. The lowest BCUT2D eigenvalue weighted by molar-refractivity contribution is -0.134. The molecule has 528 valence electrons. The number of aryl methyl sites for hydroxylation is 2. The van der Waals surface area contributed by atoms with Crippen molar-refractivity contribution in [3.8, 4) is 11.8 Å². The van der Waals surface area contributed by atoms with Crippen LogP contribution < -0.4 is 37.6 Å². The standard InChI is InChI=1S/C64H78N14O17P2S2/c1-35(2)42(27-41(80)28-69-49(82)23-21-40(79)22-24-50(83)76-29-38-13-4-3-11-36(38)19-20-37-12-6-9-17-45(37)76)60(86)73-44(16-8-10-18-48(65)81)61(87)67-25-26-68-64-74-57(66)52-59(75-64)78(34-72-52)63-56-53(84)46(92-63)31-90-96(88,98)94-55-47(32-91-97(89,99)95-56)93-62(54(55)85)77-30-39-14-5-7-15-43-51(39)58(77)71-33-70-43/h3-4,6,9,11-13,17,30,33-35,42,44,46-47,53-56,62-63,84-85H,5,7-8,10,14-16,18,21-29,31-32H2,1-2H3,(H2,65,81)(H,67,87)(H,69,82)(H,73,86)(H,88,98)(H,89,99)(H3,66,68,74,75)/t42-,44-,46+,47+,53+,54+,55+,56+,62+,63+,96?,97?/m0/s1. The Hall–Kier alpha value is -7.64. The van der Waals surface area contributed by atoms with Gasteiger partial charge in [-0.05, 0) is 97.4 Å². The number of aliphatic hydroxyl groups excluding tert-OH is 2. The van der Waals surface area contributed by atoms with Crippen LogP contribution in [0.5, 0.6) is 0 Å². The molecular weight excluding hydrogens is 1360 g/mol. The Bertz CT molecular complexity index is 4230. The van der Waals surface area contributed by atoms with Crippen molar-refractivity contribution >= 4 is 118 Å². The van der Waals surface area contributed by atoms with Crippen LogP contribution in [0.1, 0.15) is 125 Å². The number of imidazole rings is 1. The third-order valence-corrected chi connectivity index (χ3v) is 20.9. The summed E-state index contributed by atoms with van der Waals surface area (Å²) in [5.74, 6) is 1.46. The Kier molecular flexibility index (Phi) is 23.4. The van der Waals surface area contributed by atoms with Gasteiger partial charge in [-0.2, -0.15) is 9.97 Å². The number of benzene rings is 2. The van der Waals surface area contributed by atoms with Gasteiger partial charge < -0.3 is 80.7 Å². The van der Waals surface area contributed by atoms with E-state index in [2.05, 4.69) is 58.0 Å². The summed E-state index contributed by atoms with van der Waals surface area (Å²) in [5.41, 5.74) is 17.3. The average Bonchev–Trinajstić information content (AvgIpc) is 1.60. The second-order valence-electron chi connectivity index (χ2n) is 25.1. The highest BCUT2D eigenvalue weighted by Crippen LogP contribution is 2.54. The summed E-state index contributed by atoms with van der Waals surface area (Å²) >= 11 is 11.0. The number of Topliss-reactive ketones (excluding diaryl/α,β-unsaturated/α-hetero) is 2. The van der Waals surface area contributed by atoms with Gasteiger partial charge in [0.15, 0.2) is 29.7 Å². The molecule has 0 radical (unpaired) electrons. The number of hydrogen-bond acceptors (Lipinski definition) is 24. The van der Waals surface area contributed by atoms with Crippen LogP contribution in [-0.4, -0.2) is 171 Å². The molecule has 2 bridgehead atoms. The largest absolute Gasteiger partial charge is 0.387 e. The smallest absolute Gasteiger partial charge is 0.325 e. The van der Waals surface area contributed by atoms with Crippen LogP contribution in [0.4, 0.5) is 17.5 Å². The maximum atomic E-state index is 14.0. The van der Waals surface area contributed by atoms with Gasteiger partial charge in [0.05, 0.1) is 44.0 Å². The number of ether oxygens (including phenoxy) is 2. The molecule has 6 aromatic rings. The van der Waals surface area contributed by atoms with Gasteiger partial charge in [-0.15, -0.1) is 0 Å². The summed E-state index contributed by atoms with van der Waals surface area (Å²) in [6.45, 7) is -6.59. The van der Waals surface area contributed by atoms with Gasteiger partial charge in [0.2, 0.25) is 35.5 Å². The van der Waals surface area contributed by atoms with E-state index < -0.39 is 130 Å². The predicted octanol–water partition coefficient (Wildman–Crippen LogP) is 2.98. The molecule has 35 heteroatoms. The van der Waals surface area contributed by atoms with Crippen molar-refractivity contribution in [1.82, 2.24) is 50.0 Å². The predicted molar refractivity (Wildman–Crippen MR) is 364 cm³/mol. The maximum Gasteiger partial charge on any atom is 0.325 e. The SMILES string of the molecule is CC(C)[C@H](CC(=O)CNC(=O)CCC(=O)CCC(=O)N1Cc2ccccc2C#Cc2ccccc21)C(=O)N[C@@H](CCCCC(N)=O)C(=O)NCCNc1nc(N)c2ncn([C@@H]3O[C@@H]4COP(O)(=S)O[C@H]5[C@@H](O)[C@H](n6cc7c8c(ncnc86)CCCC7)O[C@@H]5COP(O)(=S)O[C@@H]3[C@@H]4O)c2n1. The van der Waals surface area contributed by atoms with E-state index in [9.17, 15) is 53.6 Å². The number of nitrogens with zero attached hydrogens (tertiary/aromatic N) is 8. The first-order chi connectivity index (χ1) is 47.4. The second-order valence-corrected chi connectivity index (χ2v) is 30.7. The fourth-order valence-corrected chi connectivity index (χ4v) is 15.5. The molecular formula is C64H78N14O17P2S2. The molecule has 3 saturated heterocycles. The van der Waals surface area contributed by atoms with E-state index in [-0.39, 0.29) is 99.2 Å². The lowest BCUT2D eigenvalue weighted by Gasteiger charge is -2.28. The summed E-state index contributed by atoms with van der Waals surface area (Å²) < 4.78 is 39.2. The number of nitrogens with two attached hydrogens (primary N) is 2. The molecule has 4 aromatic heterocycles. The quantitative estimate of drug-likeness (QED) is 0.0224. The minimum absolute atomic E-state index is 0.0122. The molecule has 31 nitrogen and oxygen atoms in total. The molecule has 1 aliphatic carbocycles. The molecule has 3 fully saturated rings. The number of nitrogens with one attached hydrogen (secondary N) is 4. The molecule has 99 heavy (non-hydrogen) atoms. The van der Waals surface area contributed by atoms with Crippen molar-refractivity contribution in [2.24, 2.45) is 17.6 Å². The highest BCUT2D eigenvalue weighted by Gasteiger charge is 2.53. The van der Waals surface area contributed by atoms with E-state index in [4.69, 9.17) is 62.6 Å². The summed E-state index contributed by atoms with van der Waals surface area (Å²) in [5, 5.41) is 35.5. The van der Waals surface area contributed by atoms with E-state index in [1.807, 2.05) is 54.7 Å². The number of para-hydroxylation sites is 1. The Morgan fingerprint density at radius 1 is 0.737 bits per heavy atom. The fourth-order valence-electron chi connectivity index (χ4n) is 12.6. The first-order valence-electron chi connectivity index (χ1n) is 32.6. The number of carbonyl (C=O) groups is 7. The molecule has 0 spiro atoms. The third kappa shape index (κ3) is 17.6. The number of carbonyl (C=O) groups excluding carboxylic acids is 7. The van der Waals surface area contributed by atoms with E-state index in [1.54, 1.807) is 23.3 Å². The van der Waals surface area contributed by atoms with Crippen LogP contribution >= 0.6 is 13.4 Å². The van der Waals surface area contributed by atoms with Gasteiger partial charge in [0, 0.05) is 80.2 Å². The van der Waals surface area contributed by atoms with Crippen LogP contribution in [0.25, 0.3) is 22.2 Å². The first-order valence-corrected chi connectivity index (χ1v) is 37.8. The number of hydrogen-bond donors (Lipinski definition) is 10. The summed E-state index contributed by atoms with van der Waals surface area (Å²) in [4.78, 5) is 140. The molecule has 8 heterocycles. The van der Waals surface area contributed by atoms with Gasteiger partial charge in [0.25, 0.3) is 0 Å². The normalized spacial score (nSPS) is 24.9. The number of amides is 5. The Balaban J connectivity index is 0.674. The topological polar surface area (TPSA) is 434 Å². The molecule has 12 atom stereocenters. The summed E-state index contributed by atoms with van der Waals surface area (Å²) in [7, 11) is 0. The molecule has 0 saturated carbocycles. The Labute approximate surface area is 578 Å². The highest BCUT2D eigenvalue weighted by atomic mass is 32.5. The van der Waals surface area contributed by atoms with Crippen molar-refractivity contribution in [2.75, 3.05) is 48.8 Å². The second kappa shape index (κ2) is 31.9. The van der Waals surface area contributed by atoms with Crippen LogP contribution in [-0.2, 0) is 104 Å². The van der Waals surface area contributed by atoms with E-state index in [0.717, 1.165) is 53.5 Å². The molecule has 2 aromatic carbocycles. The van der Waals surface area contributed by atoms with Crippen LogP contribution in [0.15, 0.2) is 67.4 Å². The number of aromatic nitrogens is 7. The molecule has 5 amide bonds. The van der Waals surface area contributed by atoms with Crippen molar-refractivity contribution in [1.29, 1.82) is 0 Å². The molecule has 2 unspecified atom stereocenters. The number of primary amides is 1. The van der Waals surface area contributed by atoms with E-state index in [0.29, 0.717) is 29.7 Å². The van der Waals surface area contributed by atoms with Gasteiger partial charge in [0.1, 0.15) is 65.9 Å². The monoisotopic (exact) mass is 1440 g/mol. The maximum absolute atomic E-state index is 14.0. The Morgan fingerprint density at radius 2 is 1.44 bits per heavy atom. The summed E-state index contributed by atoms with van der Waals surface area (Å²) in [6, 6.07) is 13.7. The molecule has 12 N–H and O–H groups in total. The summed E-state index contributed by atoms with van der Waals surface area (Å²) in [6.07, 6.45) is -3.32. The van der Waals surface area contributed by atoms with Crippen molar-refractivity contribution in [3.63, 3.8) is 0 Å². The lowest BCUT2D eigenvalue weighted by Crippen LogP contribution is -2.50. The fraction of sp³-hybridized carbons (Fsp3) is 0.500. The minimum Gasteiger partial charge on any atom is -0.387 e. The van der Waals surface area contributed by atoms with Crippen LogP contribution in [0.3, 0.4) is 0 Å². The number of nitrogen functional groups attached to an aromatic ring is 1. The van der Waals surface area contributed by atoms with E-state index in [1.165, 1.54) is 17.2 Å². The van der Waals surface area contributed by atoms with Gasteiger partial charge >= 0.3 is 13.4 Å². The van der Waals surface area contributed by atoms with Crippen LogP contribution in [0, 0.1) is 23.7 Å². The van der Waals surface area contributed by atoms with Crippen molar-refractivity contribution in [2.45, 2.75) is 159 Å². The average molecular weight is 1440 g/mol. The minimum atomic E-state index is -4.38. The van der Waals surface area contributed by atoms with E-state index >= 15 is 0 Å². The number of rotatable bonds is 25. The molecule has 11 rings (SSSR count). The van der Waals surface area contributed by atoms with Gasteiger partial charge in [-0.1, -0.05) is 62.4 Å². The Morgan fingerprint density at radius 3 is 2.22 bits per heavy atom.